The van der Waals surface area contributed by atoms with Crippen molar-refractivity contribution in [3.63, 3.8) is 0 Å². The van der Waals surface area contributed by atoms with Crippen LogP contribution >= 0.6 is 11.3 Å². The molecule has 1 fully saturated rings. The molecule has 1 saturated heterocycles. The molecule has 1 aromatic rings. The van der Waals surface area contributed by atoms with Crippen molar-refractivity contribution in [1.29, 1.82) is 0 Å². The van der Waals surface area contributed by atoms with Crippen LogP contribution in [0.5, 0.6) is 0 Å². The van der Waals surface area contributed by atoms with Crippen molar-refractivity contribution in [3.8, 4) is 0 Å². The first kappa shape index (κ1) is 17.9. The highest BCUT2D eigenvalue weighted by Gasteiger charge is 2.25. The first-order valence-corrected chi connectivity index (χ1v) is 8.86. The van der Waals surface area contributed by atoms with E-state index in [0.717, 1.165) is 41.4 Å². The average Bonchev–Trinajstić information content (AvgIpc) is 2.66. The van der Waals surface area contributed by atoms with Gasteiger partial charge in [0.05, 0.1) is 17.2 Å². The van der Waals surface area contributed by atoms with Crippen LogP contribution in [0.25, 0.3) is 0 Å². The zero-order valence-corrected chi connectivity index (χ0v) is 15.2. The molecule has 2 amide bonds. The number of nitrogens with zero attached hydrogens (tertiary/aromatic N) is 3. The summed E-state index contributed by atoms with van der Waals surface area (Å²) in [5, 5.41) is 4.00. The van der Waals surface area contributed by atoms with Crippen LogP contribution in [0.1, 0.15) is 39.6 Å². The fraction of sp³-hybridized carbons (Fsp3) is 0.688. The topological polar surface area (TPSA) is 65.5 Å². The number of likely N-dealkylation sites (tertiary alicyclic amines) is 1. The molecule has 23 heavy (non-hydrogen) atoms. The van der Waals surface area contributed by atoms with Crippen molar-refractivity contribution in [2.45, 2.75) is 39.2 Å². The molecule has 6 nitrogen and oxygen atoms in total. The molecule has 0 spiro atoms. The van der Waals surface area contributed by atoms with Gasteiger partial charge in [-0.3, -0.25) is 9.59 Å². The largest absolute Gasteiger partial charge is 0.352 e. The third-order valence-corrected chi connectivity index (χ3v) is 5.00. The van der Waals surface area contributed by atoms with Gasteiger partial charge in [-0.15, -0.1) is 11.3 Å². The summed E-state index contributed by atoms with van der Waals surface area (Å²) in [6.45, 7) is 5.64. The van der Waals surface area contributed by atoms with Crippen molar-refractivity contribution in [1.82, 2.24) is 20.1 Å². The van der Waals surface area contributed by atoms with Crippen LogP contribution in [0.2, 0.25) is 0 Å². The Balaban J connectivity index is 1.92. The van der Waals surface area contributed by atoms with Gasteiger partial charge in [-0.2, -0.15) is 0 Å². The highest BCUT2D eigenvalue weighted by atomic mass is 32.1. The van der Waals surface area contributed by atoms with Crippen molar-refractivity contribution in [3.05, 3.63) is 15.6 Å². The Bertz CT molecular complexity index is 570. The summed E-state index contributed by atoms with van der Waals surface area (Å²) in [7, 11) is 3.76. The highest BCUT2D eigenvalue weighted by Crippen LogP contribution is 2.21. The Morgan fingerprint density at radius 1 is 1.30 bits per heavy atom. The van der Waals surface area contributed by atoms with Crippen molar-refractivity contribution in [2.75, 3.05) is 33.7 Å². The second-order valence-corrected chi connectivity index (χ2v) is 7.58. The van der Waals surface area contributed by atoms with E-state index in [9.17, 15) is 9.59 Å². The summed E-state index contributed by atoms with van der Waals surface area (Å²) in [4.78, 5) is 33.4. The zero-order chi connectivity index (χ0) is 17.0. The van der Waals surface area contributed by atoms with E-state index in [-0.39, 0.29) is 17.9 Å². The second kappa shape index (κ2) is 7.88. The second-order valence-electron chi connectivity index (χ2n) is 6.37. The Kier molecular flexibility index (Phi) is 6.12. The molecule has 0 aliphatic carbocycles. The van der Waals surface area contributed by atoms with Crippen molar-refractivity contribution in [2.24, 2.45) is 0 Å². The summed E-state index contributed by atoms with van der Waals surface area (Å²) in [6, 6.07) is 0.157. The van der Waals surface area contributed by atoms with Gasteiger partial charge >= 0.3 is 0 Å². The Morgan fingerprint density at radius 3 is 2.65 bits per heavy atom. The van der Waals surface area contributed by atoms with Gasteiger partial charge in [-0.1, -0.05) is 0 Å². The predicted octanol–water partition coefficient (Wildman–Crippen LogP) is 1.43. The molecule has 2 rings (SSSR count). The minimum absolute atomic E-state index is 0.0497. The number of amides is 2. The molecule has 2 heterocycles. The van der Waals surface area contributed by atoms with Crippen molar-refractivity contribution < 1.29 is 9.59 Å². The van der Waals surface area contributed by atoms with Gasteiger partial charge in [-0.25, -0.2) is 4.98 Å². The molecule has 1 N–H and O–H groups in total. The number of aryl methyl sites for hydroxylation is 2. The van der Waals surface area contributed by atoms with Gasteiger partial charge in [0, 0.05) is 19.1 Å². The van der Waals surface area contributed by atoms with Gasteiger partial charge in [-0.05, 0) is 47.2 Å². The number of likely N-dealkylation sites (N-methyl/N-ethyl adjacent to an activating group) is 1. The molecule has 0 saturated carbocycles. The molecular formula is C16H26N4O2S. The third kappa shape index (κ3) is 5.00. The Morgan fingerprint density at radius 2 is 2.04 bits per heavy atom. The fourth-order valence-corrected chi connectivity index (χ4v) is 3.77. The number of hydrogen-bond donors (Lipinski definition) is 1. The average molecular weight is 338 g/mol. The summed E-state index contributed by atoms with van der Waals surface area (Å²) in [5.41, 5.74) is 0.817. The van der Waals surface area contributed by atoms with E-state index in [1.54, 1.807) is 0 Å². The lowest BCUT2D eigenvalue weighted by atomic mass is 10.1. The van der Waals surface area contributed by atoms with Crippen LogP contribution in [-0.4, -0.2) is 66.4 Å². The van der Waals surface area contributed by atoms with E-state index in [1.807, 2.05) is 37.7 Å². The molecule has 1 aliphatic rings. The number of carbonyl (C=O) groups is 2. The standard InChI is InChI=1S/C16H26N4O2S/c1-11-15(23-12(2)17-11)16(22)20-8-5-6-13(7-9-20)18-14(21)10-19(3)4/h13H,5-10H2,1-4H3,(H,18,21)/t13-/m0/s1. The van der Waals surface area contributed by atoms with Crippen LogP contribution in [-0.2, 0) is 4.79 Å². The molecular weight excluding hydrogens is 312 g/mol. The molecule has 0 aromatic carbocycles. The minimum atomic E-state index is 0.0497. The summed E-state index contributed by atoms with van der Waals surface area (Å²) >= 11 is 1.46. The smallest absolute Gasteiger partial charge is 0.265 e. The molecule has 1 aromatic heterocycles. The summed E-state index contributed by atoms with van der Waals surface area (Å²) < 4.78 is 0. The highest BCUT2D eigenvalue weighted by molar-refractivity contribution is 7.13. The monoisotopic (exact) mass is 338 g/mol. The predicted molar refractivity (Wildman–Crippen MR) is 91.8 cm³/mol. The maximum Gasteiger partial charge on any atom is 0.265 e. The SMILES string of the molecule is Cc1nc(C)c(C(=O)N2CCC[C@H](NC(=O)CN(C)C)CC2)s1. The van der Waals surface area contributed by atoms with Gasteiger partial charge < -0.3 is 15.1 Å². The molecule has 0 unspecified atom stereocenters. The molecule has 0 radical (unpaired) electrons. The van der Waals surface area contributed by atoms with E-state index in [0.29, 0.717) is 13.1 Å². The minimum Gasteiger partial charge on any atom is -0.352 e. The Labute approximate surface area is 141 Å². The first-order valence-electron chi connectivity index (χ1n) is 8.04. The lowest BCUT2D eigenvalue weighted by Gasteiger charge is -2.21. The van der Waals surface area contributed by atoms with Gasteiger partial charge in [0.2, 0.25) is 5.91 Å². The molecule has 0 bridgehead atoms. The maximum atomic E-state index is 12.7. The molecule has 7 heteroatoms. The van der Waals surface area contributed by atoms with Crippen molar-refractivity contribution >= 4 is 23.2 Å². The lowest BCUT2D eigenvalue weighted by molar-refractivity contribution is -0.122. The number of thiazole rings is 1. The normalized spacial score (nSPS) is 18.8. The first-order chi connectivity index (χ1) is 10.9. The van der Waals surface area contributed by atoms with E-state index in [2.05, 4.69) is 10.3 Å². The molecule has 1 aliphatic heterocycles. The molecule has 1 atom stereocenters. The number of rotatable bonds is 4. The summed E-state index contributed by atoms with van der Waals surface area (Å²) in [5.74, 6) is 0.127. The fourth-order valence-electron chi connectivity index (χ4n) is 2.88. The summed E-state index contributed by atoms with van der Waals surface area (Å²) in [6.07, 6.45) is 2.64. The van der Waals surface area contributed by atoms with E-state index in [1.165, 1.54) is 11.3 Å². The molecule has 128 valence electrons. The van der Waals surface area contributed by atoms with Crippen LogP contribution < -0.4 is 5.32 Å². The van der Waals surface area contributed by atoms with Gasteiger partial charge in [0.15, 0.2) is 0 Å². The Hall–Kier alpha value is -1.47. The number of hydrogen-bond acceptors (Lipinski definition) is 5. The number of carbonyl (C=O) groups excluding carboxylic acids is 2. The number of aromatic nitrogens is 1. The van der Waals surface area contributed by atoms with Gasteiger partial charge in [0.1, 0.15) is 4.88 Å². The quantitative estimate of drug-likeness (QED) is 0.902. The zero-order valence-electron chi connectivity index (χ0n) is 14.4. The van der Waals surface area contributed by atoms with E-state index >= 15 is 0 Å². The van der Waals surface area contributed by atoms with Crippen LogP contribution in [0.4, 0.5) is 0 Å². The van der Waals surface area contributed by atoms with Gasteiger partial charge in [0.25, 0.3) is 5.91 Å². The lowest BCUT2D eigenvalue weighted by Crippen LogP contribution is -2.40. The van der Waals surface area contributed by atoms with Crippen LogP contribution in [0.15, 0.2) is 0 Å². The third-order valence-electron chi connectivity index (χ3n) is 3.94. The van der Waals surface area contributed by atoms with Crippen LogP contribution in [0.3, 0.4) is 0 Å². The maximum absolute atomic E-state index is 12.7. The van der Waals surface area contributed by atoms with E-state index < -0.39 is 0 Å². The number of nitrogens with one attached hydrogen (secondary N) is 1. The van der Waals surface area contributed by atoms with Crippen LogP contribution in [0, 0.1) is 13.8 Å². The van der Waals surface area contributed by atoms with E-state index in [4.69, 9.17) is 0 Å².